The number of rotatable bonds is 6. The Bertz CT molecular complexity index is 921. The number of para-hydroxylation sites is 2. The molecule has 3 aromatic rings. The molecule has 126 valence electrons. The fraction of sp³-hybridized carbons (Fsp3) is 0.0625. The van der Waals surface area contributed by atoms with Crippen molar-refractivity contribution in [3.63, 3.8) is 0 Å². The Morgan fingerprint density at radius 1 is 1.32 bits per heavy atom. The Labute approximate surface area is 146 Å². The van der Waals surface area contributed by atoms with E-state index in [2.05, 4.69) is 20.5 Å². The maximum Gasteiger partial charge on any atom is 0.270 e. The summed E-state index contributed by atoms with van der Waals surface area (Å²) < 4.78 is 0. The van der Waals surface area contributed by atoms with Gasteiger partial charge in [-0.1, -0.05) is 36.0 Å². The van der Waals surface area contributed by atoms with Gasteiger partial charge in [-0.05, 0) is 12.1 Å². The number of hydrogen-bond donors (Lipinski definition) is 2. The van der Waals surface area contributed by atoms with Crippen molar-refractivity contribution in [2.24, 2.45) is 5.10 Å². The molecule has 1 heterocycles. The van der Waals surface area contributed by atoms with Gasteiger partial charge in [0.05, 0.1) is 27.9 Å². The topological polar surface area (TPSA) is 113 Å². The number of benzene rings is 2. The summed E-state index contributed by atoms with van der Waals surface area (Å²) in [6.07, 6.45) is 1.36. The number of carbonyl (C=O) groups is 1. The van der Waals surface area contributed by atoms with Gasteiger partial charge < -0.3 is 4.98 Å². The van der Waals surface area contributed by atoms with E-state index >= 15 is 0 Å². The molecule has 0 saturated heterocycles. The number of nitro groups is 1. The molecule has 0 unspecified atom stereocenters. The number of amides is 1. The van der Waals surface area contributed by atoms with Crippen molar-refractivity contribution >= 4 is 40.6 Å². The van der Waals surface area contributed by atoms with Crippen molar-refractivity contribution in [1.82, 2.24) is 15.4 Å². The second kappa shape index (κ2) is 7.58. The van der Waals surface area contributed by atoms with E-state index in [1.165, 1.54) is 30.1 Å². The molecule has 25 heavy (non-hydrogen) atoms. The predicted molar refractivity (Wildman–Crippen MR) is 95.7 cm³/mol. The lowest BCUT2D eigenvalue weighted by Gasteiger charge is -1.98. The molecule has 0 aliphatic carbocycles. The molecule has 0 fully saturated rings. The lowest BCUT2D eigenvalue weighted by molar-refractivity contribution is -0.384. The van der Waals surface area contributed by atoms with E-state index in [1.807, 2.05) is 24.3 Å². The molecule has 0 aliphatic heterocycles. The molecule has 0 aliphatic rings. The molecule has 0 spiro atoms. The minimum atomic E-state index is -0.486. The first-order valence-corrected chi connectivity index (χ1v) is 8.24. The molecule has 9 heteroatoms. The minimum absolute atomic E-state index is 0.0317. The summed E-state index contributed by atoms with van der Waals surface area (Å²) in [5.41, 5.74) is 4.63. The van der Waals surface area contributed by atoms with E-state index in [9.17, 15) is 14.9 Å². The molecular weight excluding hydrogens is 342 g/mol. The van der Waals surface area contributed by atoms with E-state index in [0.717, 1.165) is 11.0 Å². The maximum atomic E-state index is 11.8. The van der Waals surface area contributed by atoms with Crippen LogP contribution in [-0.2, 0) is 4.79 Å². The monoisotopic (exact) mass is 355 g/mol. The average molecular weight is 355 g/mol. The number of non-ortho nitro benzene ring substituents is 1. The number of aromatic amines is 1. The smallest absolute Gasteiger partial charge is 0.270 e. The molecule has 2 aromatic carbocycles. The molecule has 0 radical (unpaired) electrons. The lowest BCUT2D eigenvalue weighted by Crippen LogP contribution is -2.19. The van der Waals surface area contributed by atoms with Gasteiger partial charge in [0, 0.05) is 17.7 Å². The third kappa shape index (κ3) is 4.42. The fourth-order valence-electron chi connectivity index (χ4n) is 2.06. The van der Waals surface area contributed by atoms with Gasteiger partial charge in [-0.2, -0.15) is 5.10 Å². The number of hydrogen-bond acceptors (Lipinski definition) is 6. The second-order valence-electron chi connectivity index (χ2n) is 4.99. The number of nitrogens with one attached hydrogen (secondary N) is 2. The second-order valence-corrected chi connectivity index (χ2v) is 5.96. The van der Waals surface area contributed by atoms with Gasteiger partial charge in [-0.25, -0.2) is 10.4 Å². The fourth-order valence-corrected chi connectivity index (χ4v) is 2.74. The number of nitrogens with zero attached hydrogens (tertiary/aromatic N) is 3. The Morgan fingerprint density at radius 3 is 2.96 bits per heavy atom. The van der Waals surface area contributed by atoms with Gasteiger partial charge in [-0.15, -0.1) is 0 Å². The summed E-state index contributed by atoms with van der Waals surface area (Å²) >= 11 is 1.26. The van der Waals surface area contributed by atoms with Gasteiger partial charge in [0.2, 0.25) is 0 Å². The van der Waals surface area contributed by atoms with E-state index < -0.39 is 4.92 Å². The first kappa shape index (κ1) is 16.7. The molecule has 0 bridgehead atoms. The normalized spacial score (nSPS) is 11.0. The van der Waals surface area contributed by atoms with Crippen molar-refractivity contribution in [2.75, 3.05) is 5.75 Å². The third-order valence-corrected chi connectivity index (χ3v) is 4.06. The standard InChI is InChI=1S/C16H13N5O3S/c22-15(10-25-16-18-13-6-1-2-7-14(13)19-16)20-17-9-11-4-3-5-12(8-11)21(23)24/h1-9H,10H2,(H,18,19)(H,20,22). The highest BCUT2D eigenvalue weighted by atomic mass is 32.2. The third-order valence-electron chi connectivity index (χ3n) is 3.19. The highest BCUT2D eigenvalue weighted by molar-refractivity contribution is 7.99. The molecule has 2 N–H and O–H groups in total. The molecule has 0 atom stereocenters. The van der Waals surface area contributed by atoms with E-state index in [0.29, 0.717) is 10.7 Å². The minimum Gasteiger partial charge on any atom is -0.333 e. The van der Waals surface area contributed by atoms with Crippen molar-refractivity contribution in [3.8, 4) is 0 Å². The van der Waals surface area contributed by atoms with Crippen LogP contribution in [0.1, 0.15) is 5.56 Å². The number of aromatic nitrogens is 2. The zero-order chi connectivity index (χ0) is 17.6. The first-order valence-electron chi connectivity index (χ1n) is 7.26. The molecule has 3 rings (SSSR count). The predicted octanol–water partition coefficient (Wildman–Crippen LogP) is 2.71. The van der Waals surface area contributed by atoms with Crippen molar-refractivity contribution in [2.45, 2.75) is 5.16 Å². The van der Waals surface area contributed by atoms with Crippen LogP contribution in [0, 0.1) is 10.1 Å². The Morgan fingerprint density at radius 2 is 2.16 bits per heavy atom. The van der Waals surface area contributed by atoms with Crippen molar-refractivity contribution in [3.05, 3.63) is 64.2 Å². The van der Waals surface area contributed by atoms with E-state index in [-0.39, 0.29) is 17.3 Å². The largest absolute Gasteiger partial charge is 0.333 e. The molecule has 1 aromatic heterocycles. The maximum absolute atomic E-state index is 11.8. The van der Waals surface area contributed by atoms with Crippen LogP contribution in [0.3, 0.4) is 0 Å². The number of nitro benzene ring substituents is 1. The summed E-state index contributed by atoms with van der Waals surface area (Å²) in [6.45, 7) is 0. The highest BCUT2D eigenvalue weighted by Crippen LogP contribution is 2.18. The zero-order valence-corrected chi connectivity index (χ0v) is 13.7. The van der Waals surface area contributed by atoms with Crippen LogP contribution in [0.2, 0.25) is 0 Å². The van der Waals surface area contributed by atoms with Gasteiger partial charge in [0.15, 0.2) is 5.16 Å². The van der Waals surface area contributed by atoms with E-state index in [1.54, 1.807) is 12.1 Å². The van der Waals surface area contributed by atoms with Gasteiger partial charge in [-0.3, -0.25) is 14.9 Å². The van der Waals surface area contributed by atoms with Crippen LogP contribution >= 0.6 is 11.8 Å². The summed E-state index contributed by atoms with van der Waals surface area (Å²) in [5, 5.41) is 15.2. The van der Waals surface area contributed by atoms with Crippen molar-refractivity contribution < 1.29 is 9.72 Å². The quantitative estimate of drug-likeness (QED) is 0.305. The number of imidazole rings is 1. The van der Waals surface area contributed by atoms with Crippen LogP contribution in [-0.4, -0.2) is 32.8 Å². The Hall–Kier alpha value is -3.20. The van der Waals surface area contributed by atoms with Crippen LogP contribution < -0.4 is 5.43 Å². The summed E-state index contributed by atoms with van der Waals surface area (Å²) in [4.78, 5) is 29.5. The molecular formula is C16H13N5O3S. The van der Waals surface area contributed by atoms with E-state index in [4.69, 9.17) is 0 Å². The molecule has 8 nitrogen and oxygen atoms in total. The Kier molecular flexibility index (Phi) is 5.05. The van der Waals surface area contributed by atoms with Gasteiger partial charge >= 0.3 is 0 Å². The number of carbonyl (C=O) groups excluding carboxylic acids is 1. The van der Waals surface area contributed by atoms with Gasteiger partial charge in [0.25, 0.3) is 11.6 Å². The SMILES string of the molecule is O=C(CSc1nc2ccccc2[nH]1)NN=Cc1cccc([N+](=O)[O-])c1. The summed E-state index contributed by atoms with van der Waals surface area (Å²) in [6, 6.07) is 13.6. The van der Waals surface area contributed by atoms with Crippen LogP contribution in [0.5, 0.6) is 0 Å². The first-order chi connectivity index (χ1) is 12.1. The summed E-state index contributed by atoms with van der Waals surface area (Å²) in [7, 11) is 0. The highest BCUT2D eigenvalue weighted by Gasteiger charge is 2.07. The average Bonchev–Trinajstić information content (AvgIpc) is 3.03. The number of hydrazone groups is 1. The lowest BCUT2D eigenvalue weighted by atomic mass is 10.2. The number of thioether (sulfide) groups is 1. The van der Waals surface area contributed by atoms with Crippen LogP contribution in [0.15, 0.2) is 58.8 Å². The molecule has 1 amide bonds. The van der Waals surface area contributed by atoms with Gasteiger partial charge in [0.1, 0.15) is 0 Å². The Balaban J connectivity index is 1.52. The molecule has 0 saturated carbocycles. The van der Waals surface area contributed by atoms with Crippen molar-refractivity contribution in [1.29, 1.82) is 0 Å². The zero-order valence-electron chi connectivity index (χ0n) is 12.9. The number of fused-ring (bicyclic) bond motifs is 1. The number of H-pyrrole nitrogens is 1. The van der Waals surface area contributed by atoms with Crippen LogP contribution in [0.25, 0.3) is 11.0 Å². The summed E-state index contributed by atoms with van der Waals surface area (Å²) in [5.74, 6) is -0.154. The van der Waals surface area contributed by atoms with Crippen LogP contribution in [0.4, 0.5) is 5.69 Å².